The molecular formula is C16H17NO5. The third-order valence-electron chi connectivity index (χ3n) is 4.29. The number of fused-ring (bicyclic) bond motifs is 2. The number of allylic oxidation sites excluding steroid dienone is 2. The van der Waals surface area contributed by atoms with Crippen LogP contribution in [-0.2, 0) is 4.74 Å². The molecule has 1 saturated carbocycles. The molecule has 2 aliphatic rings. The van der Waals surface area contributed by atoms with Crippen LogP contribution in [0.1, 0.15) is 33.8 Å². The fourth-order valence-electron chi connectivity index (χ4n) is 3.20. The van der Waals surface area contributed by atoms with Crippen LogP contribution in [0.3, 0.4) is 0 Å². The monoisotopic (exact) mass is 303 g/mol. The van der Waals surface area contributed by atoms with Crippen LogP contribution in [0.5, 0.6) is 5.75 Å². The van der Waals surface area contributed by atoms with Gasteiger partial charge < -0.3 is 14.6 Å². The summed E-state index contributed by atoms with van der Waals surface area (Å²) >= 11 is 0. The lowest BCUT2D eigenvalue weighted by atomic mass is 9.95. The first-order valence-corrected chi connectivity index (χ1v) is 7.21. The summed E-state index contributed by atoms with van der Waals surface area (Å²) in [4.78, 5) is 26.4. The fourth-order valence-corrected chi connectivity index (χ4v) is 3.20. The number of hydrogen-bond donors (Lipinski definition) is 1. The Balaban J connectivity index is 1.74. The summed E-state index contributed by atoms with van der Waals surface area (Å²) in [6, 6.07) is 2.75. The van der Waals surface area contributed by atoms with Gasteiger partial charge in [0.1, 0.15) is 5.75 Å². The van der Waals surface area contributed by atoms with Crippen LogP contribution < -0.4 is 4.74 Å². The summed E-state index contributed by atoms with van der Waals surface area (Å²) in [6.07, 6.45) is 6.77. The van der Waals surface area contributed by atoms with Gasteiger partial charge in [-0.1, -0.05) is 12.2 Å². The highest BCUT2D eigenvalue weighted by Gasteiger charge is 2.35. The van der Waals surface area contributed by atoms with E-state index in [9.17, 15) is 9.59 Å². The van der Waals surface area contributed by atoms with Crippen molar-refractivity contribution in [1.29, 1.82) is 0 Å². The lowest BCUT2D eigenvalue weighted by Gasteiger charge is -2.18. The van der Waals surface area contributed by atoms with Crippen LogP contribution in [0.25, 0.3) is 0 Å². The molecule has 1 aromatic heterocycles. The molecule has 0 aliphatic heterocycles. The van der Waals surface area contributed by atoms with Crippen LogP contribution in [0, 0.1) is 17.8 Å². The zero-order valence-corrected chi connectivity index (χ0v) is 12.2. The molecule has 3 atom stereocenters. The smallest absolute Gasteiger partial charge is 0.356 e. The molecule has 0 aromatic carbocycles. The standard InChI is InChI=1S/C16H17NO5/c1-21-16(20)14-7-12(6-13(17-14)15(18)19)22-8-11-5-9-2-3-10(11)4-9/h2-3,6-7,9-11H,4-5,8H2,1H3,(H,18,19)/t9-,10+,11?/m0/s1. The van der Waals surface area contributed by atoms with E-state index in [1.54, 1.807) is 0 Å². The van der Waals surface area contributed by atoms with Crippen molar-refractivity contribution < 1.29 is 24.2 Å². The maximum atomic E-state index is 11.6. The van der Waals surface area contributed by atoms with Crippen molar-refractivity contribution in [3.63, 3.8) is 0 Å². The average Bonchev–Trinajstić information content (AvgIpc) is 3.14. The molecule has 1 unspecified atom stereocenters. The largest absolute Gasteiger partial charge is 0.493 e. The molecule has 0 spiro atoms. The second kappa shape index (κ2) is 5.79. The Morgan fingerprint density at radius 3 is 2.64 bits per heavy atom. The Hall–Kier alpha value is -2.37. The van der Waals surface area contributed by atoms with Crippen molar-refractivity contribution in [3.05, 3.63) is 35.7 Å². The van der Waals surface area contributed by atoms with Crippen LogP contribution in [-0.4, -0.2) is 35.7 Å². The Labute approximate surface area is 127 Å². The quantitative estimate of drug-likeness (QED) is 0.662. The highest BCUT2D eigenvalue weighted by Crippen LogP contribution is 2.43. The summed E-state index contributed by atoms with van der Waals surface area (Å²) in [5.41, 5.74) is -0.295. The molecule has 2 bridgehead atoms. The Morgan fingerprint density at radius 1 is 1.27 bits per heavy atom. The molecule has 6 nitrogen and oxygen atoms in total. The van der Waals surface area contributed by atoms with Gasteiger partial charge in [-0.3, -0.25) is 0 Å². The van der Waals surface area contributed by atoms with Crippen LogP contribution in [0.4, 0.5) is 0 Å². The van der Waals surface area contributed by atoms with Crippen molar-refractivity contribution in [3.8, 4) is 5.75 Å². The summed E-state index contributed by atoms with van der Waals surface area (Å²) < 4.78 is 10.3. The number of carbonyl (C=O) groups excluding carboxylic acids is 1. The van der Waals surface area contributed by atoms with Crippen molar-refractivity contribution in [1.82, 2.24) is 4.98 Å². The number of methoxy groups -OCH3 is 1. The Kier molecular flexibility index (Phi) is 3.83. The number of aromatic carboxylic acids is 1. The lowest BCUT2D eigenvalue weighted by Crippen LogP contribution is -2.17. The maximum Gasteiger partial charge on any atom is 0.356 e. The van der Waals surface area contributed by atoms with Gasteiger partial charge in [-0.15, -0.1) is 0 Å². The number of pyridine rings is 1. The van der Waals surface area contributed by atoms with Gasteiger partial charge in [-0.2, -0.15) is 0 Å². The Bertz CT molecular complexity index is 639. The number of rotatable bonds is 5. The first kappa shape index (κ1) is 14.6. The normalized spacial score (nSPS) is 25.2. The average molecular weight is 303 g/mol. The van der Waals surface area contributed by atoms with Crippen LogP contribution in [0.15, 0.2) is 24.3 Å². The highest BCUT2D eigenvalue weighted by atomic mass is 16.5. The van der Waals surface area contributed by atoms with Gasteiger partial charge in [0.05, 0.1) is 13.7 Å². The van der Waals surface area contributed by atoms with Crippen molar-refractivity contribution in [2.75, 3.05) is 13.7 Å². The zero-order valence-electron chi connectivity index (χ0n) is 12.2. The van der Waals surface area contributed by atoms with E-state index in [1.165, 1.54) is 25.7 Å². The summed E-state index contributed by atoms with van der Waals surface area (Å²) in [5, 5.41) is 9.07. The van der Waals surface area contributed by atoms with Gasteiger partial charge in [0.15, 0.2) is 11.4 Å². The molecular weight excluding hydrogens is 286 g/mol. The van der Waals surface area contributed by atoms with E-state index in [2.05, 4.69) is 21.9 Å². The van der Waals surface area contributed by atoms with Gasteiger partial charge in [-0.25, -0.2) is 14.6 Å². The van der Waals surface area contributed by atoms with E-state index in [1.807, 2.05) is 0 Å². The third-order valence-corrected chi connectivity index (χ3v) is 4.29. The fraction of sp³-hybridized carbons (Fsp3) is 0.438. The number of nitrogens with zero attached hydrogens (tertiary/aromatic N) is 1. The van der Waals surface area contributed by atoms with E-state index in [-0.39, 0.29) is 11.4 Å². The van der Waals surface area contributed by atoms with Crippen molar-refractivity contribution in [2.45, 2.75) is 12.8 Å². The topological polar surface area (TPSA) is 85.7 Å². The third kappa shape index (κ3) is 2.81. The molecule has 1 N–H and O–H groups in total. The lowest BCUT2D eigenvalue weighted by molar-refractivity contribution is 0.0592. The predicted molar refractivity (Wildman–Crippen MR) is 76.9 cm³/mol. The minimum atomic E-state index is -1.21. The van der Waals surface area contributed by atoms with E-state index in [0.717, 1.165) is 6.42 Å². The number of carboxylic acid groups (broad SMARTS) is 1. The van der Waals surface area contributed by atoms with Crippen LogP contribution >= 0.6 is 0 Å². The van der Waals surface area contributed by atoms with Crippen molar-refractivity contribution in [2.24, 2.45) is 17.8 Å². The van der Waals surface area contributed by atoms with Gasteiger partial charge >= 0.3 is 11.9 Å². The molecule has 22 heavy (non-hydrogen) atoms. The first-order valence-electron chi connectivity index (χ1n) is 7.21. The molecule has 6 heteroatoms. The number of carboxylic acids is 1. The SMILES string of the molecule is COC(=O)c1cc(OCC2C[C@H]3C=C[C@@H]2C3)cc(C(=O)O)n1. The van der Waals surface area contributed by atoms with Gasteiger partial charge in [0.2, 0.25) is 0 Å². The first-order chi connectivity index (χ1) is 10.6. The molecule has 0 saturated heterocycles. The van der Waals surface area contributed by atoms with E-state index in [4.69, 9.17) is 9.84 Å². The summed E-state index contributed by atoms with van der Waals surface area (Å²) in [6.45, 7) is 0.509. The summed E-state index contributed by atoms with van der Waals surface area (Å²) in [7, 11) is 1.22. The van der Waals surface area contributed by atoms with E-state index >= 15 is 0 Å². The number of hydrogen-bond acceptors (Lipinski definition) is 5. The molecule has 116 valence electrons. The molecule has 1 aromatic rings. The second-order valence-electron chi connectivity index (χ2n) is 5.72. The number of aromatic nitrogens is 1. The van der Waals surface area contributed by atoms with Crippen molar-refractivity contribution >= 4 is 11.9 Å². The minimum absolute atomic E-state index is 0.0646. The van der Waals surface area contributed by atoms with Gasteiger partial charge in [-0.05, 0) is 30.6 Å². The maximum absolute atomic E-state index is 11.6. The summed E-state index contributed by atoms with van der Waals surface area (Å²) in [5.74, 6) is 0.0777. The highest BCUT2D eigenvalue weighted by molar-refractivity contribution is 5.91. The van der Waals surface area contributed by atoms with E-state index < -0.39 is 11.9 Å². The Morgan fingerprint density at radius 2 is 2.05 bits per heavy atom. The molecule has 3 rings (SSSR count). The molecule has 1 heterocycles. The van der Waals surface area contributed by atoms with Gasteiger partial charge in [0, 0.05) is 12.1 Å². The number of ether oxygens (including phenoxy) is 2. The molecule has 0 amide bonds. The zero-order chi connectivity index (χ0) is 15.7. The number of carbonyl (C=O) groups is 2. The second-order valence-corrected chi connectivity index (χ2v) is 5.72. The molecule has 0 radical (unpaired) electrons. The van der Waals surface area contributed by atoms with Crippen LogP contribution in [0.2, 0.25) is 0 Å². The molecule has 1 fully saturated rings. The minimum Gasteiger partial charge on any atom is -0.493 e. The predicted octanol–water partition coefficient (Wildman–Crippen LogP) is 2.16. The molecule has 2 aliphatic carbocycles. The van der Waals surface area contributed by atoms with Gasteiger partial charge in [0.25, 0.3) is 0 Å². The van der Waals surface area contributed by atoms with E-state index in [0.29, 0.717) is 30.1 Å². The number of esters is 1.